The third-order valence-electron chi connectivity index (χ3n) is 2.75. The molecule has 1 N–H and O–H groups in total. The second-order valence-corrected chi connectivity index (χ2v) is 4.08. The van der Waals surface area contributed by atoms with Crippen LogP contribution >= 0.6 is 0 Å². The van der Waals surface area contributed by atoms with Gasteiger partial charge in [-0.05, 0) is 31.0 Å². The Balaban J connectivity index is 1.99. The number of rotatable bonds is 3. The van der Waals surface area contributed by atoms with Crippen LogP contribution in [-0.2, 0) is 4.74 Å². The van der Waals surface area contributed by atoms with Gasteiger partial charge in [0.1, 0.15) is 0 Å². The van der Waals surface area contributed by atoms with E-state index in [-0.39, 0.29) is 0 Å². The van der Waals surface area contributed by atoms with Gasteiger partial charge in [-0.15, -0.1) is 0 Å². The molecule has 2 nitrogen and oxygen atoms in total. The Labute approximate surface area is 91.0 Å². The fraction of sp³-hybridized carbons (Fsp3) is 0.385. The summed E-state index contributed by atoms with van der Waals surface area (Å²) < 4.78 is 5.34. The van der Waals surface area contributed by atoms with E-state index in [0.29, 0.717) is 5.92 Å². The van der Waals surface area contributed by atoms with Crippen molar-refractivity contribution in [2.45, 2.75) is 13.3 Å². The van der Waals surface area contributed by atoms with E-state index in [1.54, 1.807) is 0 Å². The molecule has 0 amide bonds. The average Bonchev–Trinajstić information content (AvgIpc) is 2.70. The summed E-state index contributed by atoms with van der Waals surface area (Å²) in [7, 11) is 0. The summed E-state index contributed by atoms with van der Waals surface area (Å²) in [5, 5.41) is 3.35. The minimum atomic E-state index is 0.463. The van der Waals surface area contributed by atoms with Crippen LogP contribution in [0.3, 0.4) is 0 Å². The van der Waals surface area contributed by atoms with Gasteiger partial charge in [-0.25, -0.2) is 0 Å². The first-order valence-electron chi connectivity index (χ1n) is 5.36. The number of benzene rings is 1. The fourth-order valence-corrected chi connectivity index (χ4v) is 1.82. The SMILES string of the molecule is C=C(Nc1cccc(C)c1)C1CCOC1. The molecule has 1 aliphatic heterocycles. The van der Waals surface area contributed by atoms with Crippen molar-refractivity contribution in [2.75, 3.05) is 18.5 Å². The minimum Gasteiger partial charge on any atom is -0.381 e. The molecule has 15 heavy (non-hydrogen) atoms. The first-order valence-corrected chi connectivity index (χ1v) is 5.36. The molecule has 0 bridgehead atoms. The summed E-state index contributed by atoms with van der Waals surface area (Å²) in [5.74, 6) is 0.463. The monoisotopic (exact) mass is 203 g/mol. The molecule has 1 unspecified atom stereocenters. The molecule has 1 atom stereocenters. The van der Waals surface area contributed by atoms with Gasteiger partial charge in [0, 0.05) is 23.9 Å². The number of nitrogens with one attached hydrogen (secondary N) is 1. The summed E-state index contributed by atoms with van der Waals surface area (Å²) >= 11 is 0. The summed E-state index contributed by atoms with van der Waals surface area (Å²) in [4.78, 5) is 0. The van der Waals surface area contributed by atoms with E-state index in [0.717, 1.165) is 31.0 Å². The molecule has 1 heterocycles. The van der Waals surface area contributed by atoms with Gasteiger partial charge in [-0.1, -0.05) is 18.7 Å². The lowest BCUT2D eigenvalue weighted by atomic mass is 10.1. The molecule has 0 spiro atoms. The Morgan fingerprint density at radius 3 is 3.07 bits per heavy atom. The van der Waals surface area contributed by atoms with Crippen LogP contribution in [0.15, 0.2) is 36.5 Å². The molecule has 0 aromatic heterocycles. The molecule has 80 valence electrons. The van der Waals surface area contributed by atoms with E-state index in [2.05, 4.69) is 43.1 Å². The smallest absolute Gasteiger partial charge is 0.0549 e. The van der Waals surface area contributed by atoms with Crippen LogP contribution in [0.1, 0.15) is 12.0 Å². The Morgan fingerprint density at radius 1 is 1.53 bits per heavy atom. The minimum absolute atomic E-state index is 0.463. The van der Waals surface area contributed by atoms with E-state index >= 15 is 0 Å². The van der Waals surface area contributed by atoms with Crippen LogP contribution in [-0.4, -0.2) is 13.2 Å². The standard InChI is InChI=1S/C13H17NO/c1-10-4-3-5-13(8-10)14-11(2)12-6-7-15-9-12/h3-5,8,12,14H,2,6-7,9H2,1H3. The topological polar surface area (TPSA) is 21.3 Å². The number of hydrogen-bond acceptors (Lipinski definition) is 2. The third-order valence-corrected chi connectivity index (χ3v) is 2.75. The van der Waals surface area contributed by atoms with Crippen molar-refractivity contribution in [1.29, 1.82) is 0 Å². The molecule has 1 fully saturated rings. The second-order valence-electron chi connectivity index (χ2n) is 4.08. The normalized spacial score (nSPS) is 20.2. The maximum atomic E-state index is 5.34. The molecule has 1 aromatic carbocycles. The van der Waals surface area contributed by atoms with Crippen LogP contribution in [0, 0.1) is 12.8 Å². The van der Waals surface area contributed by atoms with Crippen LogP contribution in [0.2, 0.25) is 0 Å². The van der Waals surface area contributed by atoms with Crippen molar-refractivity contribution in [3.8, 4) is 0 Å². The number of hydrogen-bond donors (Lipinski definition) is 1. The van der Waals surface area contributed by atoms with Crippen molar-refractivity contribution >= 4 is 5.69 Å². The third kappa shape index (κ3) is 2.60. The summed E-state index contributed by atoms with van der Waals surface area (Å²) in [6.07, 6.45) is 1.08. The van der Waals surface area contributed by atoms with Gasteiger partial charge in [0.25, 0.3) is 0 Å². The van der Waals surface area contributed by atoms with Crippen molar-refractivity contribution < 1.29 is 4.74 Å². The van der Waals surface area contributed by atoms with Gasteiger partial charge in [0.2, 0.25) is 0 Å². The van der Waals surface area contributed by atoms with E-state index in [1.807, 2.05) is 0 Å². The van der Waals surface area contributed by atoms with Crippen molar-refractivity contribution in [3.05, 3.63) is 42.1 Å². The zero-order valence-corrected chi connectivity index (χ0v) is 9.12. The zero-order chi connectivity index (χ0) is 10.7. The van der Waals surface area contributed by atoms with E-state index in [1.165, 1.54) is 5.56 Å². The first-order chi connectivity index (χ1) is 7.25. The highest BCUT2D eigenvalue weighted by Gasteiger charge is 2.18. The highest BCUT2D eigenvalue weighted by atomic mass is 16.5. The lowest BCUT2D eigenvalue weighted by molar-refractivity contribution is 0.190. The quantitative estimate of drug-likeness (QED) is 0.815. The molecule has 0 radical (unpaired) electrons. The molecular weight excluding hydrogens is 186 g/mol. The second kappa shape index (κ2) is 4.49. The molecule has 1 saturated heterocycles. The Bertz CT molecular complexity index is 353. The lowest BCUT2D eigenvalue weighted by Crippen LogP contribution is -2.10. The van der Waals surface area contributed by atoms with Crippen LogP contribution in [0.4, 0.5) is 5.69 Å². The largest absolute Gasteiger partial charge is 0.381 e. The lowest BCUT2D eigenvalue weighted by Gasteiger charge is -2.14. The number of anilines is 1. The van der Waals surface area contributed by atoms with Crippen molar-refractivity contribution in [1.82, 2.24) is 0 Å². The zero-order valence-electron chi connectivity index (χ0n) is 9.12. The Morgan fingerprint density at radius 2 is 2.40 bits per heavy atom. The van der Waals surface area contributed by atoms with Gasteiger partial charge < -0.3 is 10.1 Å². The molecule has 2 heteroatoms. The van der Waals surface area contributed by atoms with Gasteiger partial charge in [0.05, 0.1) is 6.61 Å². The van der Waals surface area contributed by atoms with Crippen molar-refractivity contribution in [2.24, 2.45) is 5.92 Å². The Hall–Kier alpha value is -1.28. The van der Waals surface area contributed by atoms with Gasteiger partial charge in [-0.2, -0.15) is 0 Å². The maximum Gasteiger partial charge on any atom is 0.0549 e. The number of ether oxygens (including phenoxy) is 1. The Kier molecular flexibility index (Phi) is 3.07. The predicted molar refractivity (Wildman–Crippen MR) is 62.9 cm³/mol. The van der Waals surface area contributed by atoms with Crippen molar-refractivity contribution in [3.63, 3.8) is 0 Å². The highest BCUT2D eigenvalue weighted by molar-refractivity contribution is 5.49. The molecule has 0 aliphatic carbocycles. The van der Waals surface area contributed by atoms with Crippen LogP contribution < -0.4 is 5.32 Å². The molecule has 0 saturated carbocycles. The van der Waals surface area contributed by atoms with E-state index < -0.39 is 0 Å². The summed E-state index contributed by atoms with van der Waals surface area (Å²) in [6, 6.07) is 8.33. The predicted octanol–water partition coefficient (Wildman–Crippen LogP) is 2.96. The van der Waals surface area contributed by atoms with Gasteiger partial charge in [-0.3, -0.25) is 0 Å². The van der Waals surface area contributed by atoms with E-state index in [4.69, 9.17) is 4.74 Å². The van der Waals surface area contributed by atoms with Crippen LogP contribution in [0.5, 0.6) is 0 Å². The van der Waals surface area contributed by atoms with Gasteiger partial charge >= 0.3 is 0 Å². The molecule has 2 rings (SSSR count). The van der Waals surface area contributed by atoms with Gasteiger partial charge in [0.15, 0.2) is 0 Å². The maximum absolute atomic E-state index is 5.34. The molecular formula is C13H17NO. The highest BCUT2D eigenvalue weighted by Crippen LogP contribution is 2.22. The number of aryl methyl sites for hydroxylation is 1. The summed E-state index contributed by atoms with van der Waals surface area (Å²) in [6.45, 7) is 7.82. The molecule has 1 aromatic rings. The first kappa shape index (κ1) is 10.2. The molecule has 1 aliphatic rings. The van der Waals surface area contributed by atoms with Crippen LogP contribution in [0.25, 0.3) is 0 Å². The van der Waals surface area contributed by atoms with E-state index in [9.17, 15) is 0 Å². The average molecular weight is 203 g/mol. The summed E-state index contributed by atoms with van der Waals surface area (Å²) in [5.41, 5.74) is 3.44. The fourth-order valence-electron chi connectivity index (χ4n) is 1.82.